The molecule has 1 N–H and O–H groups in total. The SMILES string of the molecule is Cc1cnc2c(c1)[nH]c(=S)n2N(C)C. The maximum Gasteiger partial charge on any atom is 0.198 e. The largest absolute Gasteiger partial charge is 0.328 e. The van der Waals surface area contributed by atoms with Gasteiger partial charge in [0.25, 0.3) is 0 Å². The number of H-pyrrole nitrogens is 1. The predicted molar refractivity (Wildman–Crippen MR) is 59.7 cm³/mol. The van der Waals surface area contributed by atoms with Crippen molar-refractivity contribution in [2.75, 3.05) is 19.1 Å². The molecule has 0 aromatic carbocycles. The third-order valence-corrected chi connectivity index (χ3v) is 2.31. The van der Waals surface area contributed by atoms with Crippen molar-refractivity contribution in [1.82, 2.24) is 14.6 Å². The molecule has 0 bridgehead atoms. The molecule has 14 heavy (non-hydrogen) atoms. The van der Waals surface area contributed by atoms with Crippen LogP contribution in [0.2, 0.25) is 0 Å². The zero-order valence-electron chi connectivity index (χ0n) is 8.40. The topological polar surface area (TPSA) is 36.9 Å². The lowest BCUT2D eigenvalue weighted by Gasteiger charge is -2.13. The molecule has 4 nitrogen and oxygen atoms in total. The van der Waals surface area contributed by atoms with E-state index in [1.165, 1.54) is 0 Å². The third-order valence-electron chi connectivity index (χ3n) is 2.04. The van der Waals surface area contributed by atoms with Crippen LogP contribution in [-0.2, 0) is 0 Å². The quantitative estimate of drug-likeness (QED) is 0.723. The molecule has 0 unspecified atom stereocenters. The summed E-state index contributed by atoms with van der Waals surface area (Å²) in [4.78, 5) is 7.47. The summed E-state index contributed by atoms with van der Waals surface area (Å²) in [5.74, 6) is 0. The van der Waals surface area contributed by atoms with Gasteiger partial charge in [-0.2, -0.15) is 0 Å². The number of nitrogens with one attached hydrogen (secondary N) is 1. The molecule has 0 saturated heterocycles. The highest BCUT2D eigenvalue weighted by atomic mass is 32.1. The minimum atomic E-state index is 0.670. The van der Waals surface area contributed by atoms with Crippen molar-refractivity contribution in [2.45, 2.75) is 6.92 Å². The lowest BCUT2D eigenvalue weighted by molar-refractivity contribution is 0.735. The van der Waals surface area contributed by atoms with Crippen molar-refractivity contribution in [1.29, 1.82) is 0 Å². The summed E-state index contributed by atoms with van der Waals surface area (Å²) >= 11 is 5.20. The highest BCUT2D eigenvalue weighted by Crippen LogP contribution is 2.12. The molecular formula is C9H12N4S. The van der Waals surface area contributed by atoms with E-state index in [2.05, 4.69) is 9.97 Å². The average molecular weight is 208 g/mol. The average Bonchev–Trinajstić information content (AvgIpc) is 2.39. The van der Waals surface area contributed by atoms with Crippen LogP contribution in [0.1, 0.15) is 5.56 Å². The summed E-state index contributed by atoms with van der Waals surface area (Å²) < 4.78 is 2.53. The fraction of sp³-hybridized carbons (Fsp3) is 0.333. The smallest absolute Gasteiger partial charge is 0.198 e. The van der Waals surface area contributed by atoms with Gasteiger partial charge in [-0.1, -0.05) is 0 Å². The third kappa shape index (κ3) is 1.29. The van der Waals surface area contributed by atoms with Crippen LogP contribution in [0.15, 0.2) is 12.3 Å². The van der Waals surface area contributed by atoms with Gasteiger partial charge < -0.3 is 9.99 Å². The number of imidazole rings is 1. The molecule has 2 heterocycles. The second-order valence-electron chi connectivity index (χ2n) is 3.47. The number of rotatable bonds is 1. The van der Waals surface area contributed by atoms with Gasteiger partial charge in [-0.15, -0.1) is 0 Å². The summed E-state index contributed by atoms with van der Waals surface area (Å²) in [5.41, 5.74) is 2.97. The van der Waals surface area contributed by atoms with Gasteiger partial charge in [0.1, 0.15) is 0 Å². The first kappa shape index (κ1) is 9.21. The van der Waals surface area contributed by atoms with Crippen LogP contribution in [0.5, 0.6) is 0 Å². The summed E-state index contributed by atoms with van der Waals surface area (Å²) in [5, 5.41) is 1.91. The molecule has 0 aliphatic rings. The number of hydrogen-bond acceptors (Lipinski definition) is 3. The van der Waals surface area contributed by atoms with Crippen molar-refractivity contribution < 1.29 is 0 Å². The number of aromatic nitrogens is 3. The van der Waals surface area contributed by atoms with E-state index in [0.717, 1.165) is 16.7 Å². The maximum atomic E-state index is 5.20. The second kappa shape index (κ2) is 3.09. The molecule has 0 fully saturated rings. The van der Waals surface area contributed by atoms with E-state index in [0.29, 0.717) is 4.77 Å². The van der Waals surface area contributed by atoms with E-state index < -0.39 is 0 Å². The van der Waals surface area contributed by atoms with E-state index in [-0.39, 0.29) is 0 Å². The van der Waals surface area contributed by atoms with Crippen LogP contribution >= 0.6 is 12.2 Å². The number of fused-ring (bicyclic) bond motifs is 1. The minimum Gasteiger partial charge on any atom is -0.328 e. The van der Waals surface area contributed by atoms with Gasteiger partial charge in [0.05, 0.1) is 5.52 Å². The minimum absolute atomic E-state index is 0.670. The first-order chi connectivity index (χ1) is 6.59. The standard InChI is InChI=1S/C9H12N4S/c1-6-4-7-8(10-5-6)13(12(2)3)9(14)11-7/h4-5H,1-3H3,(H,11,14). The van der Waals surface area contributed by atoms with E-state index in [1.807, 2.05) is 43.0 Å². The van der Waals surface area contributed by atoms with Crippen LogP contribution in [0.4, 0.5) is 0 Å². The molecule has 0 radical (unpaired) electrons. The van der Waals surface area contributed by atoms with E-state index in [9.17, 15) is 0 Å². The highest BCUT2D eigenvalue weighted by molar-refractivity contribution is 7.71. The Hall–Kier alpha value is -1.36. The van der Waals surface area contributed by atoms with Gasteiger partial charge in [-0.25, -0.2) is 9.66 Å². The van der Waals surface area contributed by atoms with Gasteiger partial charge in [0.15, 0.2) is 10.4 Å². The van der Waals surface area contributed by atoms with Crippen LogP contribution < -0.4 is 5.01 Å². The van der Waals surface area contributed by atoms with Crippen molar-refractivity contribution in [3.63, 3.8) is 0 Å². The van der Waals surface area contributed by atoms with Gasteiger partial charge in [-0.3, -0.25) is 0 Å². The van der Waals surface area contributed by atoms with Crippen molar-refractivity contribution in [2.24, 2.45) is 0 Å². The lowest BCUT2D eigenvalue weighted by atomic mass is 10.3. The van der Waals surface area contributed by atoms with Crippen LogP contribution in [0.25, 0.3) is 11.2 Å². The Morgan fingerprint density at radius 2 is 2.21 bits per heavy atom. The molecule has 0 amide bonds. The summed E-state index contributed by atoms with van der Waals surface area (Å²) in [7, 11) is 3.87. The number of aryl methyl sites for hydroxylation is 1. The van der Waals surface area contributed by atoms with Gasteiger partial charge >= 0.3 is 0 Å². The molecule has 5 heteroatoms. The Morgan fingerprint density at radius 3 is 2.86 bits per heavy atom. The fourth-order valence-electron chi connectivity index (χ4n) is 1.46. The molecule has 2 aromatic heterocycles. The Morgan fingerprint density at radius 1 is 1.50 bits per heavy atom. The highest BCUT2D eigenvalue weighted by Gasteiger charge is 2.06. The van der Waals surface area contributed by atoms with Gasteiger partial charge in [-0.05, 0) is 30.8 Å². The summed E-state index contributed by atoms with van der Waals surface area (Å²) in [6, 6.07) is 2.04. The molecule has 2 aromatic rings. The molecular weight excluding hydrogens is 196 g/mol. The summed E-state index contributed by atoms with van der Waals surface area (Å²) in [6.07, 6.45) is 1.84. The molecule has 0 aliphatic carbocycles. The van der Waals surface area contributed by atoms with Crippen molar-refractivity contribution >= 4 is 23.4 Å². The number of nitrogens with zero attached hydrogens (tertiary/aromatic N) is 3. The first-order valence-electron chi connectivity index (χ1n) is 4.34. The van der Waals surface area contributed by atoms with E-state index in [4.69, 9.17) is 12.2 Å². The molecule has 0 spiro atoms. The number of pyridine rings is 1. The Kier molecular flexibility index (Phi) is 2.03. The monoisotopic (exact) mass is 208 g/mol. The predicted octanol–water partition coefficient (Wildman–Crippen LogP) is 1.60. The lowest BCUT2D eigenvalue weighted by Crippen LogP contribution is -2.24. The normalized spacial score (nSPS) is 10.8. The molecule has 0 saturated carbocycles. The van der Waals surface area contributed by atoms with E-state index >= 15 is 0 Å². The van der Waals surface area contributed by atoms with Crippen LogP contribution in [0.3, 0.4) is 0 Å². The Labute approximate surface area is 87.2 Å². The van der Waals surface area contributed by atoms with Crippen molar-refractivity contribution in [3.8, 4) is 0 Å². The zero-order valence-corrected chi connectivity index (χ0v) is 9.22. The van der Waals surface area contributed by atoms with Gasteiger partial charge in [0, 0.05) is 20.3 Å². The molecule has 0 aliphatic heterocycles. The Bertz CT molecular complexity index is 523. The summed E-state index contributed by atoms with van der Waals surface area (Å²) in [6.45, 7) is 2.01. The first-order valence-corrected chi connectivity index (χ1v) is 4.75. The van der Waals surface area contributed by atoms with Crippen LogP contribution in [0, 0.1) is 11.7 Å². The number of hydrogen-bond donors (Lipinski definition) is 1. The zero-order chi connectivity index (χ0) is 10.3. The van der Waals surface area contributed by atoms with Crippen molar-refractivity contribution in [3.05, 3.63) is 22.6 Å². The second-order valence-corrected chi connectivity index (χ2v) is 3.86. The molecule has 74 valence electrons. The fourth-order valence-corrected chi connectivity index (χ4v) is 1.82. The maximum absolute atomic E-state index is 5.20. The molecule has 0 atom stereocenters. The van der Waals surface area contributed by atoms with Gasteiger partial charge in [0.2, 0.25) is 0 Å². The Balaban J connectivity index is 2.84. The van der Waals surface area contributed by atoms with E-state index in [1.54, 1.807) is 0 Å². The number of aromatic amines is 1. The molecule has 2 rings (SSSR count). The van der Waals surface area contributed by atoms with Crippen LogP contribution in [-0.4, -0.2) is 28.7 Å².